The van der Waals surface area contributed by atoms with Crippen LogP contribution < -0.4 is 0 Å². The fourth-order valence-electron chi connectivity index (χ4n) is 1.75. The molecule has 0 unspecified atom stereocenters. The minimum Gasteiger partial charge on any atom is -0.307 e. The van der Waals surface area contributed by atoms with E-state index in [4.69, 9.17) is 9.35 Å². The average molecular weight is 296 g/mol. The number of hydrogen-bond donors (Lipinski definition) is 1. The number of hydrogen-bond acceptors (Lipinski definition) is 4. The van der Waals surface area contributed by atoms with Crippen molar-refractivity contribution in [3.05, 3.63) is 0 Å². The maximum atomic E-state index is 10.2. The molecule has 116 valence electrons. The quantitative estimate of drug-likeness (QED) is 0.440. The smallest absolute Gasteiger partial charge is 0.307 e. The highest BCUT2D eigenvalue weighted by atomic mass is 32.3. The van der Waals surface area contributed by atoms with Crippen molar-refractivity contribution in [2.24, 2.45) is 0 Å². The average Bonchev–Trinajstić information content (AvgIpc) is 2.37. The predicted molar refractivity (Wildman–Crippen MR) is 76.5 cm³/mol. The Morgan fingerprint density at radius 2 is 1.21 bits per heavy atom. The zero-order valence-corrected chi connectivity index (χ0v) is 12.8. The summed E-state index contributed by atoms with van der Waals surface area (Å²) < 4.78 is 33.0. The molecule has 1 N–H and O–H groups in total. The molecule has 0 aromatic carbocycles. The van der Waals surface area contributed by atoms with Crippen molar-refractivity contribution in [2.75, 3.05) is 6.61 Å². The van der Waals surface area contributed by atoms with E-state index in [9.17, 15) is 8.42 Å². The summed E-state index contributed by atoms with van der Waals surface area (Å²) >= 11 is 0. The molecule has 0 aromatic rings. The maximum Gasteiger partial charge on any atom is 0.397 e. The van der Waals surface area contributed by atoms with Crippen LogP contribution in [0, 0.1) is 0 Å². The summed E-state index contributed by atoms with van der Waals surface area (Å²) in [5.74, 6) is 0. The summed E-state index contributed by atoms with van der Waals surface area (Å²) in [6.07, 6.45) is 11.9. The monoisotopic (exact) mass is 296 g/mol. The standard InChI is InChI=1S/C12H26O4S.CH2O/c1-2-3-4-5-6-7-8-9-10-11-12-16-17(13,14)15;1-2/h2-12H2,1H3,(H,13,14,15);1H2. The largest absolute Gasteiger partial charge is 0.397 e. The summed E-state index contributed by atoms with van der Waals surface area (Å²) in [6.45, 7) is 4.31. The molecule has 0 heterocycles. The number of carbonyl (C=O) groups excluding carboxylic acids is 1. The van der Waals surface area contributed by atoms with E-state index in [1.807, 2.05) is 6.79 Å². The van der Waals surface area contributed by atoms with Crippen LogP contribution in [0.1, 0.15) is 71.1 Å². The van der Waals surface area contributed by atoms with Gasteiger partial charge in [-0.05, 0) is 6.42 Å². The highest BCUT2D eigenvalue weighted by molar-refractivity contribution is 7.80. The predicted octanol–water partition coefficient (Wildman–Crippen LogP) is 3.54. The van der Waals surface area contributed by atoms with Gasteiger partial charge in [-0.15, -0.1) is 0 Å². The Kier molecular flexibility index (Phi) is 17.1. The molecular formula is C13H28O5S. The lowest BCUT2D eigenvalue weighted by atomic mass is 10.1. The van der Waals surface area contributed by atoms with Crippen LogP contribution in [0.15, 0.2) is 0 Å². The molecule has 0 spiro atoms. The van der Waals surface area contributed by atoms with Crippen molar-refractivity contribution >= 4 is 17.2 Å². The third-order valence-corrected chi connectivity index (χ3v) is 3.19. The minimum atomic E-state index is -4.23. The van der Waals surface area contributed by atoms with Gasteiger partial charge in [0.1, 0.15) is 6.79 Å². The summed E-state index contributed by atoms with van der Waals surface area (Å²) in [5.41, 5.74) is 0. The molecule has 0 aliphatic heterocycles. The summed E-state index contributed by atoms with van der Waals surface area (Å²) in [7, 11) is -4.23. The van der Waals surface area contributed by atoms with Gasteiger partial charge >= 0.3 is 10.4 Å². The second kappa shape index (κ2) is 15.6. The fourth-order valence-corrected chi connectivity index (χ4v) is 2.08. The second-order valence-electron chi connectivity index (χ2n) is 4.43. The molecule has 0 amide bonds. The van der Waals surface area contributed by atoms with Crippen LogP contribution in [0.2, 0.25) is 0 Å². The van der Waals surface area contributed by atoms with E-state index in [0.29, 0.717) is 6.42 Å². The van der Waals surface area contributed by atoms with Gasteiger partial charge in [-0.1, -0.05) is 64.7 Å². The topological polar surface area (TPSA) is 80.7 Å². The van der Waals surface area contributed by atoms with Crippen LogP contribution in [0.5, 0.6) is 0 Å². The van der Waals surface area contributed by atoms with Gasteiger partial charge < -0.3 is 4.79 Å². The van der Waals surface area contributed by atoms with Gasteiger partial charge in [0, 0.05) is 0 Å². The first-order valence-electron chi connectivity index (χ1n) is 6.97. The Morgan fingerprint density at radius 1 is 0.842 bits per heavy atom. The molecule has 0 saturated heterocycles. The summed E-state index contributed by atoms with van der Waals surface area (Å²) in [5, 5.41) is 0. The molecule has 0 atom stereocenters. The molecule has 0 rings (SSSR count). The molecule has 0 aliphatic rings. The van der Waals surface area contributed by atoms with Crippen LogP contribution in [-0.4, -0.2) is 26.4 Å². The fraction of sp³-hybridized carbons (Fsp3) is 0.923. The van der Waals surface area contributed by atoms with Crippen molar-refractivity contribution in [1.29, 1.82) is 0 Å². The van der Waals surface area contributed by atoms with Gasteiger partial charge in [0.15, 0.2) is 0 Å². The zero-order chi connectivity index (χ0) is 15.0. The molecule has 6 heteroatoms. The van der Waals surface area contributed by atoms with E-state index in [1.54, 1.807) is 0 Å². The SMILES string of the molecule is C=O.CCCCCCCCCCCCOS(=O)(=O)O. The lowest BCUT2D eigenvalue weighted by molar-refractivity contribution is -0.0980. The van der Waals surface area contributed by atoms with E-state index < -0.39 is 10.4 Å². The molecular weight excluding hydrogens is 268 g/mol. The first kappa shape index (κ1) is 20.8. The van der Waals surface area contributed by atoms with Gasteiger partial charge in [-0.25, -0.2) is 4.18 Å². The molecule has 19 heavy (non-hydrogen) atoms. The van der Waals surface area contributed by atoms with E-state index in [2.05, 4.69) is 11.1 Å². The molecule has 0 fully saturated rings. The van der Waals surface area contributed by atoms with Gasteiger partial charge in [-0.2, -0.15) is 8.42 Å². The number of unbranched alkanes of at least 4 members (excludes halogenated alkanes) is 9. The maximum absolute atomic E-state index is 10.2. The Morgan fingerprint density at radius 3 is 1.58 bits per heavy atom. The van der Waals surface area contributed by atoms with E-state index in [-0.39, 0.29) is 6.61 Å². The zero-order valence-electron chi connectivity index (χ0n) is 12.0. The van der Waals surface area contributed by atoms with Crippen molar-refractivity contribution < 1.29 is 21.9 Å². The molecule has 0 bridgehead atoms. The minimum absolute atomic E-state index is 0.0926. The van der Waals surface area contributed by atoms with E-state index in [1.165, 1.54) is 44.9 Å². The second-order valence-corrected chi connectivity index (χ2v) is 5.52. The first-order valence-corrected chi connectivity index (χ1v) is 8.33. The normalized spacial score (nSPS) is 10.8. The van der Waals surface area contributed by atoms with Crippen LogP contribution >= 0.6 is 0 Å². The van der Waals surface area contributed by atoms with Crippen molar-refractivity contribution in [3.63, 3.8) is 0 Å². The first-order chi connectivity index (χ1) is 9.06. The van der Waals surface area contributed by atoms with Crippen LogP contribution in [0.25, 0.3) is 0 Å². The highest BCUT2D eigenvalue weighted by Gasteiger charge is 2.02. The Balaban J connectivity index is 0. The van der Waals surface area contributed by atoms with Gasteiger partial charge in [0.05, 0.1) is 6.61 Å². The molecule has 0 aromatic heterocycles. The van der Waals surface area contributed by atoms with Crippen molar-refractivity contribution in [1.82, 2.24) is 0 Å². The van der Waals surface area contributed by atoms with Crippen molar-refractivity contribution in [2.45, 2.75) is 71.1 Å². The third kappa shape index (κ3) is 23.1. The lowest BCUT2D eigenvalue weighted by Crippen LogP contribution is -2.04. The van der Waals surface area contributed by atoms with Crippen molar-refractivity contribution in [3.8, 4) is 0 Å². The Bertz CT molecular complexity index is 264. The lowest BCUT2D eigenvalue weighted by Gasteiger charge is -2.02. The molecule has 5 nitrogen and oxygen atoms in total. The number of carbonyl (C=O) groups is 1. The molecule has 0 aliphatic carbocycles. The highest BCUT2D eigenvalue weighted by Crippen LogP contribution is 2.10. The summed E-state index contributed by atoms with van der Waals surface area (Å²) in [4.78, 5) is 8.00. The van der Waals surface area contributed by atoms with Gasteiger partial charge in [0.2, 0.25) is 0 Å². The van der Waals surface area contributed by atoms with E-state index >= 15 is 0 Å². The van der Waals surface area contributed by atoms with E-state index in [0.717, 1.165) is 12.8 Å². The van der Waals surface area contributed by atoms with Crippen LogP contribution in [-0.2, 0) is 19.4 Å². The van der Waals surface area contributed by atoms with Gasteiger partial charge in [0.25, 0.3) is 0 Å². The van der Waals surface area contributed by atoms with Gasteiger partial charge in [-0.3, -0.25) is 4.55 Å². The molecule has 0 saturated carbocycles. The van der Waals surface area contributed by atoms with Crippen LogP contribution in [0.4, 0.5) is 0 Å². The molecule has 0 radical (unpaired) electrons. The summed E-state index contributed by atoms with van der Waals surface area (Å²) in [6, 6.07) is 0. The number of rotatable bonds is 12. The Hall–Kier alpha value is -0.460. The third-order valence-electron chi connectivity index (χ3n) is 2.73. The van der Waals surface area contributed by atoms with Crippen LogP contribution in [0.3, 0.4) is 0 Å². The Labute approximate surface area is 117 Å².